The Morgan fingerprint density at radius 2 is 2.08 bits per heavy atom. The van der Waals surface area contributed by atoms with Crippen LogP contribution in [0.5, 0.6) is 5.75 Å². The summed E-state index contributed by atoms with van der Waals surface area (Å²) in [6.45, 7) is 8.76. The molecule has 0 aliphatic rings. The van der Waals surface area contributed by atoms with Crippen LogP contribution in [-0.4, -0.2) is 23.0 Å². The SMILES string of the molecule is Cc1ccc(OCc2cccc(C(=O)NC(C)(CN)C(C)C)c2)cn1. The van der Waals surface area contributed by atoms with Gasteiger partial charge in [0.1, 0.15) is 12.4 Å². The summed E-state index contributed by atoms with van der Waals surface area (Å²) in [6.07, 6.45) is 1.70. The highest BCUT2D eigenvalue weighted by atomic mass is 16.5. The fraction of sp³-hybridized carbons (Fsp3) is 0.400. The average Bonchev–Trinajstić information content (AvgIpc) is 2.61. The Labute approximate surface area is 149 Å². The monoisotopic (exact) mass is 341 g/mol. The minimum absolute atomic E-state index is 0.125. The summed E-state index contributed by atoms with van der Waals surface area (Å²) in [4.78, 5) is 16.8. The molecule has 0 aliphatic heterocycles. The van der Waals surface area contributed by atoms with Crippen molar-refractivity contribution in [2.75, 3.05) is 6.54 Å². The van der Waals surface area contributed by atoms with Gasteiger partial charge in [-0.25, -0.2) is 0 Å². The van der Waals surface area contributed by atoms with Gasteiger partial charge >= 0.3 is 0 Å². The molecule has 0 spiro atoms. The number of carbonyl (C=O) groups is 1. The molecule has 1 aromatic heterocycles. The molecule has 2 aromatic rings. The number of nitrogens with two attached hydrogens (primary N) is 1. The summed E-state index contributed by atoms with van der Waals surface area (Å²) < 4.78 is 5.73. The Bertz CT molecular complexity index is 713. The topological polar surface area (TPSA) is 77.2 Å². The normalized spacial score (nSPS) is 13.4. The third kappa shape index (κ3) is 5.03. The highest BCUT2D eigenvalue weighted by molar-refractivity contribution is 5.94. The molecule has 0 bridgehead atoms. The molecule has 134 valence electrons. The van der Waals surface area contributed by atoms with Gasteiger partial charge < -0.3 is 15.8 Å². The predicted molar refractivity (Wildman–Crippen MR) is 99.5 cm³/mol. The molecule has 25 heavy (non-hydrogen) atoms. The van der Waals surface area contributed by atoms with E-state index in [1.807, 2.05) is 58.0 Å². The van der Waals surface area contributed by atoms with Crippen LogP contribution in [0.25, 0.3) is 0 Å². The molecule has 1 aromatic carbocycles. The number of hydrogen-bond acceptors (Lipinski definition) is 4. The molecular weight excluding hydrogens is 314 g/mol. The lowest BCUT2D eigenvalue weighted by atomic mass is 9.88. The molecule has 3 N–H and O–H groups in total. The van der Waals surface area contributed by atoms with E-state index in [9.17, 15) is 4.79 Å². The Kier molecular flexibility index (Phi) is 6.15. The van der Waals surface area contributed by atoms with Crippen LogP contribution >= 0.6 is 0 Å². The van der Waals surface area contributed by atoms with Gasteiger partial charge in [-0.2, -0.15) is 0 Å². The van der Waals surface area contributed by atoms with E-state index in [4.69, 9.17) is 10.5 Å². The van der Waals surface area contributed by atoms with Gasteiger partial charge in [0, 0.05) is 17.8 Å². The van der Waals surface area contributed by atoms with Gasteiger partial charge in [0.2, 0.25) is 0 Å². The van der Waals surface area contributed by atoms with E-state index in [-0.39, 0.29) is 11.8 Å². The van der Waals surface area contributed by atoms with Crippen LogP contribution in [0.3, 0.4) is 0 Å². The van der Waals surface area contributed by atoms with Crippen molar-refractivity contribution in [3.8, 4) is 5.75 Å². The van der Waals surface area contributed by atoms with Crippen molar-refractivity contribution in [2.24, 2.45) is 11.7 Å². The van der Waals surface area contributed by atoms with Crippen molar-refractivity contribution in [1.29, 1.82) is 0 Å². The highest BCUT2D eigenvalue weighted by Crippen LogP contribution is 2.17. The summed E-state index contributed by atoms with van der Waals surface area (Å²) in [5.74, 6) is 0.818. The second-order valence-corrected chi connectivity index (χ2v) is 6.85. The van der Waals surface area contributed by atoms with Crippen molar-refractivity contribution < 1.29 is 9.53 Å². The first-order valence-corrected chi connectivity index (χ1v) is 8.51. The van der Waals surface area contributed by atoms with Crippen LogP contribution < -0.4 is 15.8 Å². The minimum Gasteiger partial charge on any atom is -0.487 e. The fourth-order valence-electron chi connectivity index (χ4n) is 2.27. The van der Waals surface area contributed by atoms with E-state index < -0.39 is 5.54 Å². The molecule has 0 aliphatic carbocycles. The van der Waals surface area contributed by atoms with Crippen LogP contribution in [-0.2, 0) is 6.61 Å². The van der Waals surface area contributed by atoms with Gasteiger partial charge in [-0.1, -0.05) is 26.0 Å². The average molecular weight is 341 g/mol. The molecule has 1 heterocycles. The molecular formula is C20H27N3O2. The zero-order valence-corrected chi connectivity index (χ0v) is 15.4. The first kappa shape index (κ1) is 18.9. The van der Waals surface area contributed by atoms with E-state index in [1.54, 1.807) is 12.3 Å². The number of benzene rings is 1. The number of aromatic nitrogens is 1. The molecule has 1 unspecified atom stereocenters. The molecule has 0 fully saturated rings. The molecule has 1 atom stereocenters. The second-order valence-electron chi connectivity index (χ2n) is 6.85. The molecule has 0 saturated carbocycles. The smallest absolute Gasteiger partial charge is 0.251 e. The van der Waals surface area contributed by atoms with Gasteiger partial charge in [0.15, 0.2) is 0 Å². The summed E-state index contributed by atoms with van der Waals surface area (Å²) in [5.41, 5.74) is 7.88. The third-order valence-electron chi connectivity index (χ3n) is 4.58. The van der Waals surface area contributed by atoms with Crippen LogP contribution in [0.1, 0.15) is 42.4 Å². The lowest BCUT2D eigenvalue weighted by Gasteiger charge is -2.33. The van der Waals surface area contributed by atoms with Crippen LogP contribution in [0.4, 0.5) is 0 Å². The van der Waals surface area contributed by atoms with Crippen molar-refractivity contribution in [1.82, 2.24) is 10.3 Å². The van der Waals surface area contributed by atoms with E-state index >= 15 is 0 Å². The maximum absolute atomic E-state index is 12.6. The van der Waals surface area contributed by atoms with E-state index in [2.05, 4.69) is 10.3 Å². The predicted octanol–water partition coefficient (Wildman–Crippen LogP) is 3.07. The Morgan fingerprint density at radius 3 is 2.68 bits per heavy atom. The lowest BCUT2D eigenvalue weighted by Crippen LogP contribution is -2.55. The van der Waals surface area contributed by atoms with Crippen LogP contribution in [0.2, 0.25) is 0 Å². The number of aryl methyl sites for hydroxylation is 1. The lowest BCUT2D eigenvalue weighted by molar-refractivity contribution is 0.0883. The van der Waals surface area contributed by atoms with Gasteiger partial charge in [-0.15, -0.1) is 0 Å². The number of nitrogens with zero attached hydrogens (tertiary/aromatic N) is 1. The zero-order chi connectivity index (χ0) is 18.4. The van der Waals surface area contributed by atoms with Gasteiger partial charge in [0.25, 0.3) is 5.91 Å². The number of ether oxygens (including phenoxy) is 1. The largest absolute Gasteiger partial charge is 0.487 e. The quantitative estimate of drug-likeness (QED) is 0.811. The summed E-state index contributed by atoms with van der Waals surface area (Å²) >= 11 is 0. The van der Waals surface area contributed by atoms with Crippen molar-refractivity contribution in [3.63, 3.8) is 0 Å². The van der Waals surface area contributed by atoms with Gasteiger partial charge in [-0.3, -0.25) is 9.78 Å². The molecule has 0 radical (unpaired) electrons. The summed E-state index contributed by atoms with van der Waals surface area (Å²) in [7, 11) is 0. The third-order valence-corrected chi connectivity index (χ3v) is 4.58. The number of nitrogens with one attached hydrogen (secondary N) is 1. The number of amides is 1. The molecule has 5 nitrogen and oxygen atoms in total. The number of hydrogen-bond donors (Lipinski definition) is 2. The van der Waals surface area contributed by atoms with Crippen molar-refractivity contribution in [2.45, 2.75) is 39.8 Å². The van der Waals surface area contributed by atoms with E-state index in [0.29, 0.717) is 24.5 Å². The van der Waals surface area contributed by atoms with E-state index in [0.717, 1.165) is 11.3 Å². The number of carbonyl (C=O) groups excluding carboxylic acids is 1. The zero-order valence-electron chi connectivity index (χ0n) is 15.4. The first-order chi connectivity index (χ1) is 11.8. The standard InChI is InChI=1S/C20H27N3O2/c1-14(2)20(4,13-21)23-19(24)17-7-5-6-16(10-17)12-25-18-9-8-15(3)22-11-18/h5-11,14H,12-13,21H2,1-4H3,(H,23,24). The van der Waals surface area contributed by atoms with Gasteiger partial charge in [-0.05, 0) is 49.6 Å². The van der Waals surface area contributed by atoms with Gasteiger partial charge in [0.05, 0.1) is 11.7 Å². The maximum Gasteiger partial charge on any atom is 0.251 e. The van der Waals surface area contributed by atoms with Crippen molar-refractivity contribution >= 4 is 5.91 Å². The number of pyridine rings is 1. The minimum atomic E-state index is -0.433. The Balaban J connectivity index is 2.05. The van der Waals surface area contributed by atoms with E-state index in [1.165, 1.54) is 0 Å². The summed E-state index contributed by atoms with van der Waals surface area (Å²) in [5, 5.41) is 3.05. The summed E-state index contributed by atoms with van der Waals surface area (Å²) in [6, 6.07) is 11.2. The maximum atomic E-state index is 12.6. The Morgan fingerprint density at radius 1 is 1.32 bits per heavy atom. The van der Waals surface area contributed by atoms with Crippen molar-refractivity contribution in [3.05, 3.63) is 59.4 Å². The molecule has 2 rings (SSSR count). The first-order valence-electron chi connectivity index (χ1n) is 8.51. The molecule has 1 amide bonds. The fourth-order valence-corrected chi connectivity index (χ4v) is 2.27. The van der Waals surface area contributed by atoms with Crippen LogP contribution in [0.15, 0.2) is 42.6 Å². The number of rotatable bonds is 7. The highest BCUT2D eigenvalue weighted by Gasteiger charge is 2.28. The second kappa shape index (κ2) is 8.12. The Hall–Kier alpha value is -2.40. The molecule has 0 saturated heterocycles. The molecule has 5 heteroatoms. The van der Waals surface area contributed by atoms with Crippen LogP contribution in [0, 0.1) is 12.8 Å².